The Labute approximate surface area is 179 Å². The molecule has 6 heteroatoms. The number of rotatable bonds is 5. The largest absolute Gasteiger partial charge is 0.451 e. The van der Waals surface area contributed by atoms with E-state index in [9.17, 15) is 19.2 Å². The zero-order valence-corrected chi connectivity index (χ0v) is 16.9. The van der Waals surface area contributed by atoms with Crippen LogP contribution in [-0.4, -0.2) is 29.7 Å². The number of benzene rings is 2. The molecule has 0 radical (unpaired) electrons. The van der Waals surface area contributed by atoms with Gasteiger partial charge in [-0.2, -0.15) is 0 Å². The van der Waals surface area contributed by atoms with Crippen LogP contribution in [-0.2, 0) is 14.3 Å². The zero-order chi connectivity index (χ0) is 21.7. The van der Waals surface area contributed by atoms with Gasteiger partial charge in [0.2, 0.25) is 17.6 Å². The third-order valence-corrected chi connectivity index (χ3v) is 6.54. The van der Waals surface area contributed by atoms with Crippen LogP contribution in [0.5, 0.6) is 0 Å². The van der Waals surface area contributed by atoms with Gasteiger partial charge >= 0.3 is 5.97 Å². The van der Waals surface area contributed by atoms with Crippen molar-refractivity contribution in [1.82, 2.24) is 0 Å². The molecule has 0 unspecified atom stereocenters. The maximum atomic E-state index is 12.9. The minimum Gasteiger partial charge on any atom is -0.451 e. The highest BCUT2D eigenvalue weighted by molar-refractivity contribution is 6.22. The fourth-order valence-electron chi connectivity index (χ4n) is 5.02. The molecule has 2 aliphatic carbocycles. The number of ether oxygens (including phenoxy) is 1. The Hall–Kier alpha value is -3.54. The lowest BCUT2D eigenvalue weighted by Crippen LogP contribution is -2.32. The number of fused-ring (bicyclic) bond motifs is 5. The lowest BCUT2D eigenvalue weighted by atomic mass is 9.85. The van der Waals surface area contributed by atoms with Gasteiger partial charge in [-0.15, -0.1) is 0 Å². The Morgan fingerprint density at radius 3 is 2.03 bits per heavy atom. The minimum atomic E-state index is -0.932. The monoisotopic (exact) mass is 415 g/mol. The molecule has 2 amide bonds. The van der Waals surface area contributed by atoms with Crippen molar-refractivity contribution in [1.29, 1.82) is 0 Å². The maximum absolute atomic E-state index is 12.9. The van der Waals surface area contributed by atoms with Crippen molar-refractivity contribution in [2.24, 2.45) is 23.7 Å². The average molecular weight is 415 g/mol. The van der Waals surface area contributed by atoms with Crippen LogP contribution in [0.25, 0.3) is 0 Å². The van der Waals surface area contributed by atoms with Gasteiger partial charge in [0.05, 0.1) is 23.1 Å². The summed E-state index contributed by atoms with van der Waals surface area (Å²) in [6.45, 7) is 1.53. The molecule has 2 aromatic rings. The zero-order valence-electron chi connectivity index (χ0n) is 16.9. The standard InChI is InChI=1S/C25H21NO5/c1-14(22(27)15-5-3-2-4-6-15)31-25(30)16-9-11-19(12-10-16)26-23(28)20-17-7-8-18(13-17)21(20)24(26)29/h2-12,14,17-18,20-21H,13H2,1H3/t14-,17+,18+,20-,21+/m1/s1. The van der Waals surface area contributed by atoms with Crippen LogP contribution in [0.15, 0.2) is 66.7 Å². The van der Waals surface area contributed by atoms with Gasteiger partial charge in [-0.3, -0.25) is 19.3 Å². The highest BCUT2D eigenvalue weighted by atomic mass is 16.5. The number of nitrogens with zero attached hydrogens (tertiary/aromatic N) is 1. The third-order valence-electron chi connectivity index (χ3n) is 6.54. The van der Waals surface area contributed by atoms with Gasteiger partial charge in [0.25, 0.3) is 0 Å². The quantitative estimate of drug-likeness (QED) is 0.324. The first-order valence-electron chi connectivity index (χ1n) is 10.4. The second-order valence-corrected chi connectivity index (χ2v) is 8.34. The van der Waals surface area contributed by atoms with E-state index < -0.39 is 12.1 Å². The van der Waals surface area contributed by atoms with Crippen molar-refractivity contribution in [3.8, 4) is 0 Å². The van der Waals surface area contributed by atoms with Crippen molar-refractivity contribution in [2.75, 3.05) is 4.90 Å². The van der Waals surface area contributed by atoms with Crippen molar-refractivity contribution in [2.45, 2.75) is 19.4 Å². The Kier molecular flexibility index (Phi) is 4.58. The van der Waals surface area contributed by atoms with Gasteiger partial charge < -0.3 is 4.74 Å². The highest BCUT2D eigenvalue weighted by Gasteiger charge is 2.59. The predicted molar refractivity (Wildman–Crippen MR) is 112 cm³/mol. The molecule has 0 aromatic heterocycles. The summed E-state index contributed by atoms with van der Waals surface area (Å²) in [4.78, 5) is 51.9. The molecular formula is C25H21NO5. The van der Waals surface area contributed by atoms with E-state index in [0.29, 0.717) is 11.3 Å². The molecular weight excluding hydrogens is 394 g/mol. The van der Waals surface area contributed by atoms with Gasteiger partial charge in [-0.1, -0.05) is 42.5 Å². The highest BCUT2D eigenvalue weighted by Crippen LogP contribution is 2.53. The van der Waals surface area contributed by atoms with E-state index in [1.807, 2.05) is 0 Å². The number of hydrogen-bond donors (Lipinski definition) is 0. The molecule has 6 nitrogen and oxygen atoms in total. The predicted octanol–water partition coefficient (Wildman–Crippen LogP) is 3.43. The van der Waals surface area contributed by atoms with E-state index in [4.69, 9.17) is 4.74 Å². The molecule has 0 spiro atoms. The summed E-state index contributed by atoms with van der Waals surface area (Å²) in [7, 11) is 0. The summed E-state index contributed by atoms with van der Waals surface area (Å²) in [5.41, 5.74) is 1.17. The Bertz CT molecular complexity index is 1070. The molecule has 1 saturated heterocycles. The number of imide groups is 1. The molecule has 1 saturated carbocycles. The summed E-state index contributed by atoms with van der Waals surface area (Å²) in [5.74, 6) is -1.48. The Morgan fingerprint density at radius 1 is 0.871 bits per heavy atom. The molecule has 2 bridgehead atoms. The molecule has 1 heterocycles. The number of anilines is 1. The first kappa shape index (κ1) is 19.4. The molecule has 5 rings (SSSR count). The first-order valence-corrected chi connectivity index (χ1v) is 10.4. The molecule has 2 fully saturated rings. The van der Waals surface area contributed by atoms with Gasteiger partial charge in [-0.25, -0.2) is 4.79 Å². The first-order chi connectivity index (χ1) is 15.0. The smallest absolute Gasteiger partial charge is 0.338 e. The molecule has 5 atom stereocenters. The van der Waals surface area contributed by atoms with Crippen molar-refractivity contribution in [3.05, 3.63) is 77.9 Å². The normalized spacial score (nSPS) is 26.8. The van der Waals surface area contributed by atoms with Crippen molar-refractivity contribution >= 4 is 29.3 Å². The van der Waals surface area contributed by atoms with Gasteiger partial charge in [0.1, 0.15) is 0 Å². The third kappa shape index (κ3) is 3.10. The number of amides is 2. The van der Waals surface area contributed by atoms with Gasteiger partial charge in [0.15, 0.2) is 6.10 Å². The Morgan fingerprint density at radius 2 is 1.45 bits per heavy atom. The number of esters is 1. The summed E-state index contributed by atoms with van der Waals surface area (Å²) < 4.78 is 5.31. The van der Waals surface area contributed by atoms with E-state index in [-0.39, 0.29) is 46.8 Å². The summed E-state index contributed by atoms with van der Waals surface area (Å²) in [5, 5.41) is 0. The fraction of sp³-hybridized carbons (Fsp3) is 0.280. The van der Waals surface area contributed by atoms with Crippen LogP contribution in [0, 0.1) is 23.7 Å². The molecule has 0 N–H and O–H groups in total. The van der Waals surface area contributed by atoms with Gasteiger partial charge in [-0.05, 0) is 49.4 Å². The maximum Gasteiger partial charge on any atom is 0.338 e. The fourth-order valence-corrected chi connectivity index (χ4v) is 5.02. The average Bonchev–Trinajstić information content (AvgIpc) is 3.47. The van der Waals surface area contributed by atoms with Crippen LogP contribution in [0.4, 0.5) is 5.69 Å². The van der Waals surface area contributed by atoms with Crippen molar-refractivity contribution < 1.29 is 23.9 Å². The van der Waals surface area contributed by atoms with E-state index in [1.54, 1.807) is 42.5 Å². The summed E-state index contributed by atoms with van der Waals surface area (Å²) in [6.07, 6.45) is 4.05. The lowest BCUT2D eigenvalue weighted by Gasteiger charge is -2.18. The van der Waals surface area contributed by atoms with Crippen LogP contribution in [0.2, 0.25) is 0 Å². The Balaban J connectivity index is 1.28. The number of hydrogen-bond acceptors (Lipinski definition) is 5. The summed E-state index contributed by atoms with van der Waals surface area (Å²) >= 11 is 0. The summed E-state index contributed by atoms with van der Waals surface area (Å²) in [6, 6.07) is 14.8. The molecule has 3 aliphatic rings. The number of carbonyl (C=O) groups excluding carboxylic acids is 4. The number of allylic oxidation sites excluding steroid dienone is 2. The number of Topliss-reactive ketones (excluding diaryl/α,β-unsaturated/α-hetero) is 1. The second-order valence-electron chi connectivity index (χ2n) is 8.34. The molecule has 31 heavy (non-hydrogen) atoms. The van der Waals surface area contributed by atoms with Crippen LogP contribution < -0.4 is 4.90 Å². The second kappa shape index (κ2) is 7.30. The minimum absolute atomic E-state index is 0.148. The van der Waals surface area contributed by atoms with E-state index in [1.165, 1.54) is 24.0 Å². The number of ketones is 1. The van der Waals surface area contributed by atoms with Crippen LogP contribution >= 0.6 is 0 Å². The molecule has 1 aliphatic heterocycles. The van der Waals surface area contributed by atoms with E-state index in [0.717, 1.165) is 6.42 Å². The number of carbonyl (C=O) groups is 4. The van der Waals surface area contributed by atoms with E-state index >= 15 is 0 Å². The SMILES string of the molecule is C[C@@H](OC(=O)c1ccc(N2C(=O)[C@@H]3[C@H](C2=O)[C@H]2C=C[C@H]3C2)cc1)C(=O)c1ccccc1. The molecule has 156 valence electrons. The van der Waals surface area contributed by atoms with Crippen LogP contribution in [0.3, 0.4) is 0 Å². The van der Waals surface area contributed by atoms with Crippen LogP contribution in [0.1, 0.15) is 34.1 Å². The topological polar surface area (TPSA) is 80.8 Å². The van der Waals surface area contributed by atoms with Crippen molar-refractivity contribution in [3.63, 3.8) is 0 Å². The lowest BCUT2D eigenvalue weighted by molar-refractivity contribution is -0.123. The van der Waals surface area contributed by atoms with E-state index in [2.05, 4.69) is 12.2 Å². The van der Waals surface area contributed by atoms with Gasteiger partial charge in [0, 0.05) is 5.56 Å². The molecule has 2 aromatic carbocycles.